The van der Waals surface area contributed by atoms with E-state index in [4.69, 9.17) is 4.74 Å². The molecule has 0 radical (unpaired) electrons. The summed E-state index contributed by atoms with van der Waals surface area (Å²) in [4.78, 5) is 35.5. The number of aliphatic hydroxyl groups is 1. The van der Waals surface area contributed by atoms with E-state index in [-0.39, 0.29) is 12.1 Å². The normalized spacial score (nSPS) is 15.7. The van der Waals surface area contributed by atoms with Gasteiger partial charge in [-0.3, -0.25) is 9.97 Å². The second-order valence-corrected chi connectivity index (χ2v) is 9.87. The first kappa shape index (κ1) is 22.9. The summed E-state index contributed by atoms with van der Waals surface area (Å²) in [5, 5.41) is 19.5. The topological polar surface area (TPSA) is 137 Å². The highest BCUT2D eigenvalue weighted by molar-refractivity contribution is 7.30. The van der Waals surface area contributed by atoms with Gasteiger partial charge in [-0.2, -0.15) is 9.97 Å². The molecule has 1 unspecified atom stereocenters. The third-order valence-electron chi connectivity index (χ3n) is 5.37. The molecule has 11 heteroatoms. The van der Waals surface area contributed by atoms with E-state index in [1.165, 1.54) is 0 Å². The van der Waals surface area contributed by atoms with Crippen molar-refractivity contribution in [2.45, 2.75) is 45.2 Å². The zero-order valence-corrected chi connectivity index (χ0v) is 19.4. The van der Waals surface area contributed by atoms with Crippen molar-refractivity contribution in [1.29, 1.82) is 0 Å². The third-order valence-corrected chi connectivity index (χ3v) is 7.59. The zero-order valence-electron chi connectivity index (χ0n) is 18.6. The fraction of sp³-hybridized carbons (Fsp3) is 0.409. The van der Waals surface area contributed by atoms with Crippen LogP contribution in [0.5, 0.6) is 5.88 Å². The first-order chi connectivity index (χ1) is 15.9. The molecule has 1 atom stereocenters. The molecule has 0 spiro atoms. The summed E-state index contributed by atoms with van der Waals surface area (Å²) < 4.78 is 5.92. The zero-order chi connectivity index (χ0) is 23.4. The number of piperidine rings is 1. The minimum atomic E-state index is -0.947. The lowest BCUT2D eigenvalue weighted by Gasteiger charge is -2.30. The van der Waals surface area contributed by atoms with Crippen LogP contribution in [0.3, 0.4) is 0 Å². The molecule has 3 aromatic rings. The molecule has 3 N–H and O–H groups in total. The Balaban J connectivity index is 1.72. The predicted molar refractivity (Wildman–Crippen MR) is 124 cm³/mol. The van der Waals surface area contributed by atoms with Gasteiger partial charge in [0.2, 0.25) is 5.88 Å². The first-order valence-electron chi connectivity index (χ1n) is 10.8. The molecule has 0 bridgehead atoms. The van der Waals surface area contributed by atoms with Crippen LogP contribution in [-0.2, 0) is 12.4 Å². The van der Waals surface area contributed by atoms with Gasteiger partial charge < -0.3 is 19.8 Å². The number of aromatic carboxylic acids is 1. The Kier molecular flexibility index (Phi) is 6.99. The number of hydrogen-bond acceptors (Lipinski definition) is 8. The fourth-order valence-electron chi connectivity index (χ4n) is 3.70. The second kappa shape index (κ2) is 10.1. The van der Waals surface area contributed by atoms with Crippen molar-refractivity contribution >= 4 is 28.2 Å². The summed E-state index contributed by atoms with van der Waals surface area (Å²) in [6, 6.07) is 5.53. The smallest absolute Gasteiger partial charge is 0.391 e. The molecule has 0 aliphatic carbocycles. The van der Waals surface area contributed by atoms with Crippen LogP contribution < -0.4 is 14.4 Å². The first-order valence-corrected chi connectivity index (χ1v) is 12.2. The number of H-pyrrole nitrogens is 1. The Morgan fingerprint density at radius 3 is 2.82 bits per heavy atom. The highest BCUT2D eigenvalue weighted by Gasteiger charge is 2.27. The van der Waals surface area contributed by atoms with Gasteiger partial charge in [0.05, 0.1) is 11.8 Å². The maximum absolute atomic E-state index is 11.7. The molecule has 1 fully saturated rings. The number of aryl methyl sites for hydroxylation is 1. The standard InChI is InChI=1S/C22H26N6O4S/c1-3-33-19(20(30)31)14(2)24-22(33)27-21-25-17(28-9-6-16(29)7-10-28)11-18(26-21)32-13-15-5-4-8-23-12-15/h4-5,8,11-12,16,29H,3,6-7,9-10,13H2,1-2H3,(H-,24,25,26,27,30,31)/p+1. The summed E-state index contributed by atoms with van der Waals surface area (Å²) in [6.45, 7) is 5.29. The van der Waals surface area contributed by atoms with Crippen molar-refractivity contribution in [2.75, 3.05) is 18.0 Å². The number of rotatable bonds is 7. The molecule has 10 nitrogen and oxygen atoms in total. The van der Waals surface area contributed by atoms with Crippen LogP contribution >= 0.6 is 10.5 Å². The van der Waals surface area contributed by atoms with E-state index in [1.54, 1.807) is 25.4 Å². The Hall–Kier alpha value is -3.31. The van der Waals surface area contributed by atoms with Gasteiger partial charge in [-0.1, -0.05) is 6.07 Å². The lowest BCUT2D eigenvalue weighted by Crippen LogP contribution is -2.36. The number of anilines is 1. The highest BCUT2D eigenvalue weighted by Crippen LogP contribution is 2.26. The van der Waals surface area contributed by atoms with E-state index in [0.717, 1.165) is 5.56 Å². The lowest BCUT2D eigenvalue weighted by molar-refractivity contribution is 0.0701. The average Bonchev–Trinajstić information content (AvgIpc) is 3.13. The number of ether oxygens (including phenoxy) is 1. The lowest BCUT2D eigenvalue weighted by atomic mass is 10.1. The summed E-state index contributed by atoms with van der Waals surface area (Å²) in [7, 11) is -0.683. The third kappa shape index (κ3) is 5.37. The predicted octanol–water partition coefficient (Wildman–Crippen LogP) is 2.75. The van der Waals surface area contributed by atoms with E-state index < -0.39 is 16.4 Å². The number of hydrogen-bond donors (Lipinski definition) is 3. The number of nitrogens with one attached hydrogen (secondary N) is 1. The second-order valence-electron chi connectivity index (χ2n) is 7.71. The maximum Gasteiger partial charge on any atom is 0.391 e. The van der Waals surface area contributed by atoms with Gasteiger partial charge >= 0.3 is 10.8 Å². The van der Waals surface area contributed by atoms with Crippen molar-refractivity contribution in [1.82, 2.24) is 19.9 Å². The number of aromatic amines is 1. The fourth-order valence-corrected chi connectivity index (χ4v) is 5.56. The van der Waals surface area contributed by atoms with Gasteiger partial charge in [0, 0.05) is 47.6 Å². The minimum Gasteiger partial charge on any atom is -0.474 e. The molecule has 4 rings (SSSR count). The number of aromatic nitrogens is 4. The largest absolute Gasteiger partial charge is 0.474 e. The molecule has 0 aromatic carbocycles. The van der Waals surface area contributed by atoms with Gasteiger partial charge in [0.15, 0.2) is 0 Å². The van der Waals surface area contributed by atoms with E-state index in [9.17, 15) is 15.0 Å². The van der Waals surface area contributed by atoms with E-state index >= 15 is 0 Å². The molecule has 174 valence electrons. The minimum absolute atomic E-state index is 0.202. The summed E-state index contributed by atoms with van der Waals surface area (Å²) in [6.07, 6.45) is 4.44. The van der Waals surface area contributed by atoms with Crippen molar-refractivity contribution < 1.29 is 19.7 Å². The van der Waals surface area contributed by atoms with Gasteiger partial charge in [-0.15, -0.1) is 4.99 Å². The molecule has 1 saturated heterocycles. The number of carboxylic acid groups (broad SMARTS) is 1. The number of nitrogens with zero attached hydrogens (tertiary/aromatic N) is 5. The van der Waals surface area contributed by atoms with Crippen LogP contribution in [-0.4, -0.2) is 55.3 Å². The van der Waals surface area contributed by atoms with E-state index in [1.807, 2.05) is 19.1 Å². The number of carbonyl (C=O) groups is 1. The van der Waals surface area contributed by atoms with Gasteiger partial charge in [-0.05, 0) is 32.8 Å². The molecule has 33 heavy (non-hydrogen) atoms. The van der Waals surface area contributed by atoms with E-state index in [2.05, 4.69) is 29.8 Å². The number of pyridine rings is 1. The molecular formula is C22H27N6O4S+. The van der Waals surface area contributed by atoms with Crippen molar-refractivity contribution in [3.63, 3.8) is 0 Å². The maximum atomic E-state index is 11.7. The van der Waals surface area contributed by atoms with Crippen molar-refractivity contribution in [2.24, 2.45) is 4.99 Å². The van der Waals surface area contributed by atoms with Crippen molar-refractivity contribution in [3.8, 4) is 5.88 Å². The molecule has 1 aliphatic rings. The van der Waals surface area contributed by atoms with Crippen LogP contribution in [0.4, 0.5) is 11.8 Å². The molecule has 3 aromatic heterocycles. The Morgan fingerprint density at radius 1 is 1.36 bits per heavy atom. The molecule has 1 aliphatic heterocycles. The molecule has 0 saturated carbocycles. The van der Waals surface area contributed by atoms with E-state index in [0.29, 0.717) is 65.4 Å². The monoisotopic (exact) mass is 471 g/mol. The van der Waals surface area contributed by atoms with Gasteiger partial charge in [0.1, 0.15) is 18.2 Å². The molecule has 4 heterocycles. The Morgan fingerprint density at radius 2 is 2.15 bits per heavy atom. The van der Waals surface area contributed by atoms with Gasteiger partial charge in [-0.25, -0.2) is 4.79 Å². The number of aliphatic hydroxyl groups excluding tert-OH is 1. The average molecular weight is 472 g/mol. The summed E-state index contributed by atoms with van der Waals surface area (Å²) in [5.74, 6) is 0.894. The van der Waals surface area contributed by atoms with Crippen LogP contribution in [0, 0.1) is 6.92 Å². The number of carboxylic acids is 1. The molecular weight excluding hydrogens is 444 g/mol. The quantitative estimate of drug-likeness (QED) is 0.448. The van der Waals surface area contributed by atoms with Crippen LogP contribution in [0.15, 0.2) is 35.6 Å². The number of thiazole rings is 1. The van der Waals surface area contributed by atoms with Crippen LogP contribution in [0.25, 0.3) is 0 Å². The Labute approximate surface area is 193 Å². The summed E-state index contributed by atoms with van der Waals surface area (Å²) >= 11 is 0. The SMILES string of the molecule is CC[s+]1c(C(=O)O)c(C)[nH]c1=Nc1nc(OCc2cccnc2)cc(N2CCC(O)CC2)n1. The molecule has 0 amide bonds. The Bertz CT molecular complexity index is 1190. The van der Waals surface area contributed by atoms with Crippen LogP contribution in [0.1, 0.15) is 40.7 Å². The van der Waals surface area contributed by atoms with Crippen molar-refractivity contribution in [3.05, 3.63) is 51.5 Å². The summed E-state index contributed by atoms with van der Waals surface area (Å²) in [5.41, 5.74) is 1.49. The highest BCUT2D eigenvalue weighted by atomic mass is 32.2. The van der Waals surface area contributed by atoms with Crippen LogP contribution in [0.2, 0.25) is 0 Å². The van der Waals surface area contributed by atoms with Gasteiger partial charge in [0.25, 0.3) is 10.8 Å².